The Kier molecular flexibility index (Phi) is 4.81. The van der Waals surface area contributed by atoms with Crippen molar-refractivity contribution in [3.05, 3.63) is 48.2 Å². The molecular weight excluding hydrogens is 266 g/mol. The number of hydrogen-bond acceptors (Lipinski definition) is 4. The van der Waals surface area contributed by atoms with E-state index in [-0.39, 0.29) is 5.60 Å². The molecule has 0 bridgehead atoms. The quantitative estimate of drug-likeness (QED) is 0.826. The smallest absolute Gasteiger partial charge is 0.216 e. The highest BCUT2D eigenvalue weighted by Gasteiger charge is 2.10. The van der Waals surface area contributed by atoms with Gasteiger partial charge in [-0.3, -0.25) is 0 Å². The van der Waals surface area contributed by atoms with Crippen molar-refractivity contribution in [1.29, 1.82) is 0 Å². The number of nitrogens with zero attached hydrogens (tertiary/aromatic N) is 1. The summed E-state index contributed by atoms with van der Waals surface area (Å²) in [6, 6.07) is 11.4. The molecule has 0 N–H and O–H groups in total. The summed E-state index contributed by atoms with van der Waals surface area (Å²) in [7, 11) is 1.58. The van der Waals surface area contributed by atoms with E-state index >= 15 is 0 Å². The molecule has 0 unspecified atom stereocenters. The standard InChI is InChI=1S/C17H21NO3/c1-17(2,3)20-12-13-6-5-7-14(10-13)21-15-8-9-18-16(11-15)19-4/h5-11H,12H2,1-4H3. The lowest BCUT2D eigenvalue weighted by Crippen LogP contribution is -2.18. The number of pyridine rings is 1. The first kappa shape index (κ1) is 15.3. The number of aromatic nitrogens is 1. The molecular formula is C17H21NO3. The predicted molar refractivity (Wildman–Crippen MR) is 81.8 cm³/mol. The lowest BCUT2D eigenvalue weighted by atomic mass is 10.2. The fraction of sp³-hybridized carbons (Fsp3) is 0.353. The van der Waals surface area contributed by atoms with E-state index in [0.29, 0.717) is 18.2 Å². The highest BCUT2D eigenvalue weighted by molar-refractivity contribution is 5.35. The van der Waals surface area contributed by atoms with Gasteiger partial charge in [0.25, 0.3) is 0 Å². The summed E-state index contributed by atoms with van der Waals surface area (Å²) in [6.07, 6.45) is 1.65. The number of benzene rings is 1. The van der Waals surface area contributed by atoms with E-state index in [1.54, 1.807) is 25.4 Å². The van der Waals surface area contributed by atoms with Gasteiger partial charge in [-0.25, -0.2) is 4.98 Å². The second-order valence-corrected chi connectivity index (χ2v) is 5.68. The largest absolute Gasteiger partial charge is 0.481 e. The fourth-order valence-electron chi connectivity index (χ4n) is 1.70. The van der Waals surface area contributed by atoms with Crippen LogP contribution in [0.4, 0.5) is 0 Å². The average molecular weight is 287 g/mol. The summed E-state index contributed by atoms with van der Waals surface area (Å²) in [5.41, 5.74) is 0.915. The highest BCUT2D eigenvalue weighted by atomic mass is 16.5. The van der Waals surface area contributed by atoms with Crippen LogP contribution in [0, 0.1) is 0 Å². The molecule has 1 aromatic heterocycles. The van der Waals surface area contributed by atoms with Crippen LogP contribution in [0.15, 0.2) is 42.6 Å². The lowest BCUT2D eigenvalue weighted by Gasteiger charge is -2.19. The molecule has 1 aromatic carbocycles. The number of rotatable bonds is 5. The van der Waals surface area contributed by atoms with Crippen molar-refractivity contribution in [2.24, 2.45) is 0 Å². The summed E-state index contributed by atoms with van der Waals surface area (Å²) < 4.78 is 16.7. The van der Waals surface area contributed by atoms with Crippen molar-refractivity contribution in [2.75, 3.05) is 7.11 Å². The molecule has 0 fully saturated rings. The lowest BCUT2D eigenvalue weighted by molar-refractivity contribution is -0.0150. The Morgan fingerprint density at radius 1 is 1.05 bits per heavy atom. The molecule has 0 atom stereocenters. The molecule has 1 heterocycles. The highest BCUT2D eigenvalue weighted by Crippen LogP contribution is 2.25. The van der Waals surface area contributed by atoms with Crippen LogP contribution in [0.1, 0.15) is 26.3 Å². The summed E-state index contributed by atoms with van der Waals surface area (Å²) in [6.45, 7) is 6.67. The minimum Gasteiger partial charge on any atom is -0.481 e. The third-order valence-electron chi connectivity index (χ3n) is 2.72. The second-order valence-electron chi connectivity index (χ2n) is 5.68. The molecule has 112 valence electrons. The van der Waals surface area contributed by atoms with Crippen molar-refractivity contribution < 1.29 is 14.2 Å². The molecule has 0 saturated heterocycles. The first-order valence-electron chi connectivity index (χ1n) is 6.87. The summed E-state index contributed by atoms with van der Waals surface area (Å²) in [4.78, 5) is 4.05. The van der Waals surface area contributed by atoms with Crippen molar-refractivity contribution >= 4 is 0 Å². The van der Waals surface area contributed by atoms with E-state index in [1.165, 1.54) is 0 Å². The number of hydrogen-bond donors (Lipinski definition) is 0. The van der Waals surface area contributed by atoms with Crippen LogP contribution in [0.3, 0.4) is 0 Å². The van der Waals surface area contributed by atoms with Crippen LogP contribution in [0.25, 0.3) is 0 Å². The van der Waals surface area contributed by atoms with Gasteiger partial charge in [0.1, 0.15) is 11.5 Å². The minimum atomic E-state index is -0.157. The molecule has 0 aliphatic rings. The van der Waals surface area contributed by atoms with Crippen LogP contribution in [0.2, 0.25) is 0 Å². The maximum atomic E-state index is 5.82. The van der Waals surface area contributed by atoms with Gasteiger partial charge in [-0.2, -0.15) is 0 Å². The molecule has 4 heteroatoms. The van der Waals surface area contributed by atoms with Gasteiger partial charge < -0.3 is 14.2 Å². The molecule has 0 amide bonds. The maximum Gasteiger partial charge on any atom is 0.216 e. The zero-order chi connectivity index (χ0) is 15.3. The predicted octanol–water partition coefficient (Wildman–Crippen LogP) is 4.20. The van der Waals surface area contributed by atoms with Gasteiger partial charge >= 0.3 is 0 Å². The zero-order valence-electron chi connectivity index (χ0n) is 12.9. The van der Waals surface area contributed by atoms with Gasteiger partial charge in [0, 0.05) is 12.3 Å². The topological polar surface area (TPSA) is 40.6 Å². The molecule has 0 spiro atoms. The third-order valence-corrected chi connectivity index (χ3v) is 2.72. The monoisotopic (exact) mass is 287 g/mol. The SMILES string of the molecule is COc1cc(Oc2cccc(COC(C)(C)C)c2)ccn1. The number of methoxy groups -OCH3 is 1. The van der Waals surface area contributed by atoms with E-state index in [9.17, 15) is 0 Å². The van der Waals surface area contributed by atoms with Crippen molar-refractivity contribution in [3.8, 4) is 17.4 Å². The Morgan fingerprint density at radius 3 is 2.52 bits per heavy atom. The molecule has 2 aromatic rings. The van der Waals surface area contributed by atoms with Gasteiger partial charge in [0.05, 0.1) is 19.3 Å². The van der Waals surface area contributed by atoms with E-state index in [1.807, 2.05) is 45.0 Å². The van der Waals surface area contributed by atoms with E-state index in [2.05, 4.69) is 4.98 Å². The Bertz CT molecular complexity index is 591. The Hall–Kier alpha value is -2.07. The molecule has 0 saturated carbocycles. The normalized spacial score (nSPS) is 11.2. The third kappa shape index (κ3) is 5.08. The molecule has 21 heavy (non-hydrogen) atoms. The van der Waals surface area contributed by atoms with E-state index in [4.69, 9.17) is 14.2 Å². The Balaban J connectivity index is 2.06. The van der Waals surface area contributed by atoms with Gasteiger partial charge in [-0.05, 0) is 44.5 Å². The maximum absolute atomic E-state index is 5.82. The molecule has 0 radical (unpaired) electrons. The van der Waals surface area contributed by atoms with E-state index in [0.717, 1.165) is 11.3 Å². The van der Waals surface area contributed by atoms with E-state index < -0.39 is 0 Å². The molecule has 0 aliphatic carbocycles. The van der Waals surface area contributed by atoms with Crippen LogP contribution in [-0.2, 0) is 11.3 Å². The van der Waals surface area contributed by atoms with Gasteiger partial charge in [0.15, 0.2) is 0 Å². The van der Waals surface area contributed by atoms with Crippen LogP contribution in [-0.4, -0.2) is 17.7 Å². The summed E-state index contributed by atoms with van der Waals surface area (Å²) in [5.74, 6) is 1.98. The van der Waals surface area contributed by atoms with Crippen LogP contribution < -0.4 is 9.47 Å². The summed E-state index contributed by atoms with van der Waals surface area (Å²) >= 11 is 0. The average Bonchev–Trinajstić information content (AvgIpc) is 2.45. The van der Waals surface area contributed by atoms with Crippen molar-refractivity contribution in [1.82, 2.24) is 4.98 Å². The fourth-order valence-corrected chi connectivity index (χ4v) is 1.70. The Labute approximate surface area is 125 Å². The molecule has 4 nitrogen and oxygen atoms in total. The van der Waals surface area contributed by atoms with Gasteiger partial charge in [0.2, 0.25) is 5.88 Å². The van der Waals surface area contributed by atoms with Gasteiger partial charge in [-0.1, -0.05) is 12.1 Å². The Morgan fingerprint density at radius 2 is 1.81 bits per heavy atom. The minimum absolute atomic E-state index is 0.157. The van der Waals surface area contributed by atoms with Gasteiger partial charge in [-0.15, -0.1) is 0 Å². The molecule has 2 rings (SSSR count). The van der Waals surface area contributed by atoms with Crippen molar-refractivity contribution in [3.63, 3.8) is 0 Å². The summed E-state index contributed by atoms with van der Waals surface area (Å²) in [5, 5.41) is 0. The zero-order valence-corrected chi connectivity index (χ0v) is 12.9. The van der Waals surface area contributed by atoms with Crippen LogP contribution in [0.5, 0.6) is 17.4 Å². The van der Waals surface area contributed by atoms with Crippen molar-refractivity contribution in [2.45, 2.75) is 33.0 Å². The second kappa shape index (κ2) is 6.59. The number of ether oxygens (including phenoxy) is 3. The first-order chi connectivity index (χ1) is 9.96. The first-order valence-corrected chi connectivity index (χ1v) is 6.87. The van der Waals surface area contributed by atoms with Crippen LogP contribution >= 0.6 is 0 Å². The molecule has 0 aliphatic heterocycles.